The van der Waals surface area contributed by atoms with Crippen molar-refractivity contribution in [3.63, 3.8) is 0 Å². The molecule has 22 heavy (non-hydrogen) atoms. The second-order valence-corrected chi connectivity index (χ2v) is 5.34. The molecule has 0 radical (unpaired) electrons. The Kier molecular flexibility index (Phi) is 11.1. The summed E-state index contributed by atoms with van der Waals surface area (Å²) in [5.74, 6) is 1.00. The van der Waals surface area contributed by atoms with Crippen molar-refractivity contribution in [3.8, 4) is 0 Å². The number of nitrogens with one attached hydrogen (secondary N) is 1. The number of aliphatic imine (C=N–C) groups is 1. The van der Waals surface area contributed by atoms with Crippen molar-refractivity contribution in [1.29, 1.82) is 0 Å². The molecule has 1 aliphatic rings. The second kappa shape index (κ2) is 12.7. The number of hydrogen-bond donors (Lipinski definition) is 1. The van der Waals surface area contributed by atoms with Gasteiger partial charge in [0.1, 0.15) is 0 Å². The number of rotatable bonds is 10. The summed E-state index contributed by atoms with van der Waals surface area (Å²) in [6.45, 7) is 10.7. The van der Waals surface area contributed by atoms with E-state index in [4.69, 9.17) is 14.2 Å². The van der Waals surface area contributed by atoms with E-state index >= 15 is 0 Å². The Morgan fingerprint density at radius 3 is 2.59 bits per heavy atom. The summed E-state index contributed by atoms with van der Waals surface area (Å²) in [6.07, 6.45) is 3.46. The van der Waals surface area contributed by atoms with E-state index in [1.807, 2.05) is 6.92 Å². The van der Waals surface area contributed by atoms with Crippen LogP contribution in [0.5, 0.6) is 0 Å². The topological polar surface area (TPSA) is 55.3 Å². The first-order valence-corrected chi connectivity index (χ1v) is 8.53. The maximum Gasteiger partial charge on any atom is 0.193 e. The van der Waals surface area contributed by atoms with Crippen LogP contribution in [-0.2, 0) is 14.2 Å². The van der Waals surface area contributed by atoms with Gasteiger partial charge in [0.25, 0.3) is 0 Å². The molecular weight excluding hydrogens is 282 g/mol. The van der Waals surface area contributed by atoms with Gasteiger partial charge in [-0.2, -0.15) is 0 Å². The van der Waals surface area contributed by atoms with E-state index < -0.39 is 0 Å². The van der Waals surface area contributed by atoms with Gasteiger partial charge in [-0.05, 0) is 33.1 Å². The van der Waals surface area contributed by atoms with Gasteiger partial charge in [0.2, 0.25) is 0 Å². The first-order valence-electron chi connectivity index (χ1n) is 8.53. The quantitative estimate of drug-likeness (QED) is 0.376. The molecule has 0 saturated carbocycles. The van der Waals surface area contributed by atoms with Crippen LogP contribution in [0.4, 0.5) is 0 Å². The zero-order valence-electron chi connectivity index (χ0n) is 14.5. The first-order chi connectivity index (χ1) is 10.8. The molecule has 1 saturated heterocycles. The van der Waals surface area contributed by atoms with Crippen LogP contribution in [0.1, 0.15) is 33.1 Å². The third kappa shape index (κ3) is 7.96. The smallest absolute Gasteiger partial charge is 0.193 e. The van der Waals surface area contributed by atoms with Crippen molar-refractivity contribution in [2.24, 2.45) is 4.99 Å². The van der Waals surface area contributed by atoms with Gasteiger partial charge in [0, 0.05) is 46.6 Å². The lowest BCUT2D eigenvalue weighted by molar-refractivity contribution is 0.00988. The fraction of sp³-hybridized carbons (Fsp3) is 0.938. The van der Waals surface area contributed by atoms with Gasteiger partial charge in [0.15, 0.2) is 5.96 Å². The predicted octanol–water partition coefficient (Wildman–Crippen LogP) is 1.51. The number of piperidine rings is 1. The monoisotopic (exact) mass is 315 g/mol. The van der Waals surface area contributed by atoms with Crippen LogP contribution in [0.15, 0.2) is 4.99 Å². The molecule has 6 nitrogen and oxygen atoms in total. The molecule has 0 aliphatic carbocycles. The van der Waals surface area contributed by atoms with Crippen molar-refractivity contribution < 1.29 is 14.2 Å². The highest BCUT2D eigenvalue weighted by molar-refractivity contribution is 5.80. The number of methoxy groups -OCH3 is 1. The number of nitrogens with zero attached hydrogens (tertiary/aromatic N) is 2. The minimum atomic E-state index is 0.374. The summed E-state index contributed by atoms with van der Waals surface area (Å²) in [4.78, 5) is 6.96. The Morgan fingerprint density at radius 2 is 1.95 bits per heavy atom. The average molecular weight is 315 g/mol. The molecule has 0 spiro atoms. The summed E-state index contributed by atoms with van der Waals surface area (Å²) >= 11 is 0. The highest BCUT2D eigenvalue weighted by Gasteiger charge is 2.21. The van der Waals surface area contributed by atoms with Crippen LogP contribution in [-0.4, -0.2) is 76.7 Å². The first kappa shape index (κ1) is 19.2. The minimum absolute atomic E-state index is 0.374. The van der Waals surface area contributed by atoms with Crippen LogP contribution in [0.3, 0.4) is 0 Å². The summed E-state index contributed by atoms with van der Waals surface area (Å²) in [5, 5.41) is 3.37. The molecule has 130 valence electrons. The van der Waals surface area contributed by atoms with Gasteiger partial charge < -0.3 is 24.4 Å². The molecule has 0 atom stereocenters. The van der Waals surface area contributed by atoms with Crippen LogP contribution in [0.2, 0.25) is 0 Å². The fourth-order valence-corrected chi connectivity index (χ4v) is 2.47. The minimum Gasteiger partial charge on any atom is -0.385 e. The predicted molar refractivity (Wildman–Crippen MR) is 89.5 cm³/mol. The molecule has 1 rings (SSSR count). The van der Waals surface area contributed by atoms with E-state index in [9.17, 15) is 0 Å². The number of likely N-dealkylation sites (tertiary alicyclic amines) is 1. The molecule has 0 amide bonds. The fourth-order valence-electron chi connectivity index (χ4n) is 2.47. The van der Waals surface area contributed by atoms with Gasteiger partial charge in [0.05, 0.1) is 19.3 Å². The molecule has 6 heteroatoms. The van der Waals surface area contributed by atoms with E-state index in [-0.39, 0.29) is 0 Å². The normalized spacial score (nSPS) is 17.0. The van der Waals surface area contributed by atoms with Crippen molar-refractivity contribution in [1.82, 2.24) is 10.2 Å². The van der Waals surface area contributed by atoms with Gasteiger partial charge in [-0.25, -0.2) is 0 Å². The SMILES string of the molecule is CCNC(=NCCOCC)N1CCC(OCCCOC)CC1. The molecule has 0 unspecified atom stereocenters. The van der Waals surface area contributed by atoms with Crippen molar-refractivity contribution in [2.45, 2.75) is 39.2 Å². The second-order valence-electron chi connectivity index (χ2n) is 5.34. The third-order valence-corrected chi connectivity index (χ3v) is 3.62. The van der Waals surface area contributed by atoms with Gasteiger partial charge in [-0.3, -0.25) is 4.99 Å². The summed E-state index contributed by atoms with van der Waals surface area (Å²) in [7, 11) is 1.73. The van der Waals surface area contributed by atoms with Crippen LogP contribution in [0, 0.1) is 0 Å². The summed E-state index contributed by atoms with van der Waals surface area (Å²) in [5.41, 5.74) is 0. The highest BCUT2D eigenvalue weighted by atomic mass is 16.5. The number of guanidine groups is 1. The van der Waals surface area contributed by atoms with E-state index in [0.29, 0.717) is 19.3 Å². The maximum absolute atomic E-state index is 5.90. The number of hydrogen-bond acceptors (Lipinski definition) is 4. The zero-order chi connectivity index (χ0) is 16.0. The largest absolute Gasteiger partial charge is 0.385 e. The Labute approximate surface area is 135 Å². The van der Waals surface area contributed by atoms with E-state index in [1.165, 1.54) is 0 Å². The highest BCUT2D eigenvalue weighted by Crippen LogP contribution is 2.14. The maximum atomic E-state index is 5.90. The Morgan fingerprint density at radius 1 is 1.18 bits per heavy atom. The lowest BCUT2D eigenvalue weighted by Crippen LogP contribution is -2.47. The Hall–Kier alpha value is -0.850. The molecule has 1 heterocycles. The molecule has 1 N–H and O–H groups in total. The van der Waals surface area contributed by atoms with Gasteiger partial charge in [-0.15, -0.1) is 0 Å². The van der Waals surface area contributed by atoms with Crippen molar-refractivity contribution in [3.05, 3.63) is 0 Å². The molecule has 0 bridgehead atoms. The van der Waals surface area contributed by atoms with E-state index in [1.54, 1.807) is 7.11 Å². The van der Waals surface area contributed by atoms with E-state index in [2.05, 4.69) is 22.1 Å². The molecule has 0 aromatic rings. The van der Waals surface area contributed by atoms with Crippen LogP contribution < -0.4 is 5.32 Å². The molecule has 0 aromatic heterocycles. The van der Waals surface area contributed by atoms with Gasteiger partial charge in [-0.1, -0.05) is 0 Å². The molecule has 1 aliphatic heterocycles. The van der Waals surface area contributed by atoms with Crippen LogP contribution in [0.25, 0.3) is 0 Å². The average Bonchev–Trinajstić information content (AvgIpc) is 2.55. The van der Waals surface area contributed by atoms with Crippen molar-refractivity contribution >= 4 is 5.96 Å². The summed E-state index contributed by atoms with van der Waals surface area (Å²) < 4.78 is 16.3. The molecule has 0 aromatic carbocycles. The summed E-state index contributed by atoms with van der Waals surface area (Å²) in [6, 6.07) is 0. The Balaban J connectivity index is 2.29. The number of ether oxygens (including phenoxy) is 3. The Bertz CT molecular complexity index is 292. The van der Waals surface area contributed by atoms with Crippen molar-refractivity contribution in [2.75, 3.05) is 59.7 Å². The lowest BCUT2D eigenvalue weighted by atomic mass is 10.1. The third-order valence-electron chi connectivity index (χ3n) is 3.62. The van der Waals surface area contributed by atoms with E-state index in [0.717, 1.165) is 64.7 Å². The zero-order valence-corrected chi connectivity index (χ0v) is 14.5. The molecular formula is C16H33N3O3. The lowest BCUT2D eigenvalue weighted by Gasteiger charge is -2.34. The van der Waals surface area contributed by atoms with Gasteiger partial charge >= 0.3 is 0 Å². The molecule has 1 fully saturated rings. The van der Waals surface area contributed by atoms with Crippen LogP contribution >= 0.6 is 0 Å². The standard InChI is InChI=1S/C16H33N3O3/c1-4-17-16(18-9-14-21-5-2)19-10-7-15(8-11-19)22-13-6-12-20-3/h15H,4-14H2,1-3H3,(H,17,18).